The lowest BCUT2D eigenvalue weighted by atomic mass is 10.0. The van der Waals surface area contributed by atoms with Gasteiger partial charge in [0.05, 0.1) is 11.0 Å². The van der Waals surface area contributed by atoms with Crippen molar-refractivity contribution in [3.05, 3.63) is 60.2 Å². The van der Waals surface area contributed by atoms with Crippen molar-refractivity contribution in [1.82, 2.24) is 4.31 Å². The Hall–Kier alpha value is -2.46. The summed E-state index contributed by atoms with van der Waals surface area (Å²) in [5.41, 5.74) is 0.990. The van der Waals surface area contributed by atoms with Gasteiger partial charge in [-0.1, -0.05) is 30.3 Å². The first kappa shape index (κ1) is 20.3. The van der Waals surface area contributed by atoms with Crippen LogP contribution in [0.5, 0.6) is 5.75 Å². The molecule has 2 aromatic rings. The predicted octanol–water partition coefficient (Wildman–Crippen LogP) is 1.76. The molecule has 9 heteroatoms. The maximum absolute atomic E-state index is 13.0. The van der Waals surface area contributed by atoms with Crippen molar-refractivity contribution in [2.24, 2.45) is 5.90 Å². The molecule has 1 aliphatic heterocycles. The van der Waals surface area contributed by atoms with E-state index in [0.29, 0.717) is 18.8 Å². The van der Waals surface area contributed by atoms with Crippen molar-refractivity contribution < 1.29 is 27.9 Å². The van der Waals surface area contributed by atoms with Gasteiger partial charge in [0.2, 0.25) is 10.0 Å². The number of rotatable bonds is 7. The van der Waals surface area contributed by atoms with E-state index in [1.54, 1.807) is 12.1 Å². The van der Waals surface area contributed by atoms with Gasteiger partial charge < -0.3 is 9.84 Å². The number of sulfonamides is 1. The van der Waals surface area contributed by atoms with E-state index in [9.17, 15) is 18.3 Å². The molecule has 3 N–H and O–H groups in total. The Labute approximate surface area is 163 Å². The first-order chi connectivity index (χ1) is 13.4. The van der Waals surface area contributed by atoms with Crippen LogP contribution in [0.1, 0.15) is 18.4 Å². The Kier molecular flexibility index (Phi) is 6.30. The van der Waals surface area contributed by atoms with Gasteiger partial charge in [0.15, 0.2) is 0 Å². The highest BCUT2D eigenvalue weighted by molar-refractivity contribution is 7.89. The lowest BCUT2D eigenvalue weighted by Crippen LogP contribution is -2.52. The van der Waals surface area contributed by atoms with E-state index in [0.717, 1.165) is 9.87 Å². The van der Waals surface area contributed by atoms with Crippen LogP contribution < -0.4 is 10.6 Å². The van der Waals surface area contributed by atoms with Crippen molar-refractivity contribution >= 4 is 16.0 Å². The van der Waals surface area contributed by atoms with Crippen LogP contribution in [0, 0.1) is 0 Å². The van der Waals surface area contributed by atoms with Gasteiger partial charge in [0, 0.05) is 6.54 Å². The molecule has 2 atom stereocenters. The molecule has 0 aromatic heterocycles. The zero-order valence-corrected chi connectivity index (χ0v) is 15.9. The van der Waals surface area contributed by atoms with Crippen LogP contribution >= 0.6 is 0 Å². The summed E-state index contributed by atoms with van der Waals surface area (Å²) in [6, 6.07) is 14.3. The normalized spacial score (nSPS) is 20.6. The van der Waals surface area contributed by atoms with Crippen molar-refractivity contribution in [1.29, 1.82) is 0 Å². The van der Waals surface area contributed by atoms with Crippen molar-refractivity contribution in [2.45, 2.75) is 36.5 Å². The minimum absolute atomic E-state index is 0.0107. The van der Waals surface area contributed by atoms with Gasteiger partial charge in [0.25, 0.3) is 0 Å². The number of carbonyl (C=O) groups is 1. The third-order valence-corrected chi connectivity index (χ3v) is 6.54. The van der Waals surface area contributed by atoms with E-state index >= 15 is 0 Å². The fourth-order valence-corrected chi connectivity index (χ4v) is 4.76. The quantitative estimate of drug-likeness (QED) is 0.673. The van der Waals surface area contributed by atoms with E-state index < -0.39 is 28.1 Å². The molecule has 0 bridgehead atoms. The van der Waals surface area contributed by atoms with Crippen LogP contribution in [-0.4, -0.2) is 42.5 Å². The molecule has 0 amide bonds. The molecule has 8 nitrogen and oxygen atoms in total. The minimum Gasteiger partial charge on any atom is -0.489 e. The molecule has 28 heavy (non-hydrogen) atoms. The maximum atomic E-state index is 13.0. The number of ether oxygens (including phenoxy) is 1. The fourth-order valence-electron chi connectivity index (χ4n) is 3.11. The Morgan fingerprint density at radius 3 is 2.39 bits per heavy atom. The summed E-state index contributed by atoms with van der Waals surface area (Å²) in [4.78, 5) is 16.3. The number of hydrogen-bond acceptors (Lipinski definition) is 6. The van der Waals surface area contributed by atoms with Crippen LogP contribution in [0.4, 0.5) is 0 Å². The highest BCUT2D eigenvalue weighted by atomic mass is 32.2. The zero-order chi connectivity index (χ0) is 20.1. The molecular weight excluding hydrogens is 384 g/mol. The summed E-state index contributed by atoms with van der Waals surface area (Å²) in [6.45, 7) is 0.248. The highest BCUT2D eigenvalue weighted by Gasteiger charge is 2.41. The van der Waals surface area contributed by atoms with E-state index in [1.165, 1.54) is 12.1 Å². The summed E-state index contributed by atoms with van der Waals surface area (Å²) in [7, 11) is -4.02. The first-order valence-electron chi connectivity index (χ1n) is 8.79. The molecule has 0 spiro atoms. The van der Waals surface area contributed by atoms with Gasteiger partial charge in [-0.3, -0.25) is 9.63 Å². The molecule has 3 rings (SSSR count). The van der Waals surface area contributed by atoms with Crippen LogP contribution in [0.3, 0.4) is 0 Å². The lowest BCUT2D eigenvalue weighted by molar-refractivity contribution is -0.144. The van der Waals surface area contributed by atoms with E-state index in [-0.39, 0.29) is 17.9 Å². The van der Waals surface area contributed by atoms with Gasteiger partial charge in [-0.2, -0.15) is 4.31 Å². The van der Waals surface area contributed by atoms with E-state index in [4.69, 9.17) is 15.5 Å². The molecule has 0 saturated carbocycles. The molecule has 2 aromatic carbocycles. The zero-order valence-electron chi connectivity index (χ0n) is 15.1. The Balaban J connectivity index is 1.76. The van der Waals surface area contributed by atoms with E-state index in [1.807, 2.05) is 30.3 Å². The maximum Gasteiger partial charge on any atom is 0.322 e. The van der Waals surface area contributed by atoms with Gasteiger partial charge >= 0.3 is 5.97 Å². The van der Waals surface area contributed by atoms with Crippen LogP contribution in [0.25, 0.3) is 0 Å². The Morgan fingerprint density at radius 1 is 1.11 bits per heavy atom. The summed E-state index contributed by atoms with van der Waals surface area (Å²) < 4.78 is 32.6. The average Bonchev–Trinajstić information content (AvgIpc) is 2.72. The third kappa shape index (κ3) is 4.50. The lowest BCUT2D eigenvalue weighted by Gasteiger charge is -2.35. The number of carboxylic acids is 1. The van der Waals surface area contributed by atoms with Gasteiger partial charge in [0.1, 0.15) is 18.4 Å². The molecule has 1 fully saturated rings. The third-order valence-electron chi connectivity index (χ3n) is 4.65. The molecule has 0 radical (unpaired) electrons. The SMILES string of the molecule is NO[C@@H]1CC[C@H](C(=O)O)N(S(=O)(=O)c2ccc(OCc3ccccc3)cc2)C1. The molecule has 150 valence electrons. The minimum atomic E-state index is -4.02. The Bertz CT molecular complexity index is 902. The number of nitrogens with two attached hydrogens (primary N) is 1. The first-order valence-corrected chi connectivity index (χ1v) is 10.2. The standard InChI is InChI=1S/C19H22N2O6S/c20-27-16-8-11-18(19(22)23)21(12-16)28(24,25)17-9-6-15(7-10-17)26-13-14-4-2-1-3-5-14/h1-7,9-10,16,18H,8,11-13,20H2,(H,22,23)/t16-,18-/m1/s1. The second kappa shape index (κ2) is 8.70. The monoisotopic (exact) mass is 406 g/mol. The van der Waals surface area contributed by atoms with Crippen molar-refractivity contribution in [2.75, 3.05) is 6.54 Å². The molecule has 0 unspecified atom stereocenters. The molecular formula is C19H22N2O6S. The molecule has 1 aliphatic rings. The average molecular weight is 406 g/mol. The second-order valence-electron chi connectivity index (χ2n) is 6.51. The molecule has 1 heterocycles. The summed E-state index contributed by atoms with van der Waals surface area (Å²) >= 11 is 0. The van der Waals surface area contributed by atoms with Crippen molar-refractivity contribution in [3.8, 4) is 5.75 Å². The summed E-state index contributed by atoms with van der Waals surface area (Å²) in [6.07, 6.45) is -0.0284. The number of nitrogens with zero attached hydrogens (tertiary/aromatic N) is 1. The Morgan fingerprint density at radius 2 is 1.79 bits per heavy atom. The fraction of sp³-hybridized carbons (Fsp3) is 0.316. The van der Waals surface area contributed by atoms with Crippen molar-refractivity contribution in [3.63, 3.8) is 0 Å². The molecule has 1 saturated heterocycles. The smallest absolute Gasteiger partial charge is 0.322 e. The summed E-state index contributed by atoms with van der Waals surface area (Å²) in [5.74, 6) is 4.51. The largest absolute Gasteiger partial charge is 0.489 e. The summed E-state index contributed by atoms with van der Waals surface area (Å²) in [5, 5.41) is 9.40. The van der Waals surface area contributed by atoms with Crippen LogP contribution in [-0.2, 0) is 26.3 Å². The highest BCUT2D eigenvalue weighted by Crippen LogP contribution is 2.27. The van der Waals surface area contributed by atoms with Crippen LogP contribution in [0.2, 0.25) is 0 Å². The van der Waals surface area contributed by atoms with E-state index in [2.05, 4.69) is 0 Å². The van der Waals surface area contributed by atoms with Gasteiger partial charge in [-0.15, -0.1) is 0 Å². The second-order valence-corrected chi connectivity index (χ2v) is 8.40. The number of piperidine rings is 1. The number of aliphatic carboxylic acids is 1. The predicted molar refractivity (Wildman–Crippen MR) is 101 cm³/mol. The topological polar surface area (TPSA) is 119 Å². The number of carboxylic acid groups (broad SMARTS) is 1. The van der Waals surface area contributed by atoms with Crippen LogP contribution in [0.15, 0.2) is 59.5 Å². The molecule has 0 aliphatic carbocycles. The van der Waals surface area contributed by atoms with Gasteiger partial charge in [-0.05, 0) is 42.7 Å². The van der Waals surface area contributed by atoms with Gasteiger partial charge in [-0.25, -0.2) is 14.3 Å². The number of hydrogen-bond donors (Lipinski definition) is 2. The number of benzene rings is 2.